The Morgan fingerprint density at radius 1 is 1.43 bits per heavy atom. The lowest BCUT2D eigenvalue weighted by molar-refractivity contribution is -0.119. The van der Waals surface area contributed by atoms with Crippen LogP contribution in [0.15, 0.2) is 36.5 Å². The predicted octanol–water partition coefficient (Wildman–Crippen LogP) is 3.18. The van der Waals surface area contributed by atoms with Crippen LogP contribution in [-0.4, -0.2) is 22.1 Å². The fourth-order valence-electron chi connectivity index (χ4n) is 2.78. The van der Waals surface area contributed by atoms with E-state index in [1.807, 2.05) is 41.2 Å². The van der Waals surface area contributed by atoms with Gasteiger partial charge in [0.05, 0.1) is 18.0 Å². The number of nitrogens with zero attached hydrogens (tertiary/aromatic N) is 2. The quantitative estimate of drug-likeness (QED) is 0.916. The minimum atomic E-state index is -0.0463. The van der Waals surface area contributed by atoms with E-state index in [0.29, 0.717) is 19.0 Å². The fourth-order valence-corrected chi connectivity index (χ4v) is 2.78. The van der Waals surface area contributed by atoms with Gasteiger partial charge in [0.15, 0.2) is 0 Å². The number of fused-ring (bicyclic) bond motifs is 1. The molecule has 0 radical (unpaired) electrons. The molecule has 4 nitrogen and oxygen atoms in total. The van der Waals surface area contributed by atoms with E-state index in [1.165, 1.54) is 0 Å². The van der Waals surface area contributed by atoms with Gasteiger partial charge in [-0.25, -0.2) is 0 Å². The smallest absolute Gasteiger partial charge is 0.148 e. The van der Waals surface area contributed by atoms with Crippen molar-refractivity contribution < 1.29 is 4.79 Å². The second kappa shape index (κ2) is 5.72. The van der Waals surface area contributed by atoms with Gasteiger partial charge in [0, 0.05) is 24.5 Å². The number of carbonyl (C=O) groups is 1. The lowest BCUT2D eigenvalue weighted by Crippen LogP contribution is -2.17. The summed E-state index contributed by atoms with van der Waals surface area (Å²) in [5.74, 6) is 0.191. The van der Waals surface area contributed by atoms with Crippen LogP contribution in [0.1, 0.15) is 43.5 Å². The molecule has 1 aliphatic rings. The van der Waals surface area contributed by atoms with Crippen LogP contribution < -0.4 is 5.32 Å². The van der Waals surface area contributed by atoms with E-state index in [2.05, 4.69) is 24.3 Å². The van der Waals surface area contributed by atoms with E-state index in [9.17, 15) is 4.79 Å². The summed E-state index contributed by atoms with van der Waals surface area (Å²) < 4.78 is 1.95. The lowest BCUT2D eigenvalue weighted by atomic mass is 9.94. The Morgan fingerprint density at radius 3 is 3.05 bits per heavy atom. The number of para-hydroxylation sites is 1. The molecule has 1 aliphatic heterocycles. The van der Waals surface area contributed by atoms with Crippen LogP contribution in [0.3, 0.4) is 0 Å². The van der Waals surface area contributed by atoms with E-state index >= 15 is 0 Å². The van der Waals surface area contributed by atoms with Gasteiger partial charge in [0.2, 0.25) is 0 Å². The molecule has 0 fully saturated rings. The maximum absolute atomic E-state index is 12.5. The van der Waals surface area contributed by atoms with Crippen LogP contribution in [0.25, 0.3) is 0 Å². The number of aromatic nitrogens is 2. The van der Waals surface area contributed by atoms with Gasteiger partial charge in [-0.05, 0) is 31.0 Å². The van der Waals surface area contributed by atoms with E-state index in [4.69, 9.17) is 0 Å². The van der Waals surface area contributed by atoms with Crippen molar-refractivity contribution in [1.82, 2.24) is 9.78 Å². The van der Waals surface area contributed by atoms with Crippen LogP contribution >= 0.6 is 0 Å². The second-order valence-electron chi connectivity index (χ2n) is 5.71. The first-order valence-corrected chi connectivity index (χ1v) is 7.58. The zero-order valence-electron chi connectivity index (χ0n) is 12.5. The number of nitrogens with one attached hydrogen (secondary N) is 1. The minimum absolute atomic E-state index is 0.0463. The summed E-state index contributed by atoms with van der Waals surface area (Å²) in [6.07, 6.45) is 3.41. The number of carbonyl (C=O) groups excluding carboxylic acids is 1. The van der Waals surface area contributed by atoms with Crippen molar-refractivity contribution in [3.05, 3.63) is 47.8 Å². The summed E-state index contributed by atoms with van der Waals surface area (Å²) in [4.78, 5) is 12.5. The Hall–Kier alpha value is -2.10. The molecule has 1 aromatic carbocycles. The summed E-state index contributed by atoms with van der Waals surface area (Å²) in [6, 6.07) is 10.4. The third kappa shape index (κ3) is 2.71. The molecule has 2 aromatic rings. The molecule has 0 bridgehead atoms. The van der Waals surface area contributed by atoms with Crippen LogP contribution in [0.5, 0.6) is 0 Å². The molecule has 2 unspecified atom stereocenters. The van der Waals surface area contributed by atoms with Crippen molar-refractivity contribution >= 4 is 11.5 Å². The van der Waals surface area contributed by atoms with Crippen LogP contribution in [0.4, 0.5) is 5.69 Å². The van der Waals surface area contributed by atoms with Gasteiger partial charge < -0.3 is 5.32 Å². The van der Waals surface area contributed by atoms with E-state index in [0.717, 1.165) is 23.4 Å². The number of ketones is 1. The highest BCUT2D eigenvalue weighted by atomic mass is 16.1. The molecule has 0 amide bonds. The van der Waals surface area contributed by atoms with Gasteiger partial charge in [-0.1, -0.05) is 25.1 Å². The molecular formula is C17H21N3O. The zero-order chi connectivity index (χ0) is 14.8. The Bertz CT molecular complexity index is 647. The monoisotopic (exact) mass is 283 g/mol. The highest BCUT2D eigenvalue weighted by Crippen LogP contribution is 2.32. The first-order valence-electron chi connectivity index (χ1n) is 7.58. The van der Waals surface area contributed by atoms with Gasteiger partial charge in [-0.3, -0.25) is 9.48 Å². The average Bonchev–Trinajstić information content (AvgIpc) is 3.12. The number of rotatable bonds is 5. The van der Waals surface area contributed by atoms with E-state index < -0.39 is 0 Å². The molecule has 21 heavy (non-hydrogen) atoms. The molecule has 1 aromatic heterocycles. The zero-order valence-corrected chi connectivity index (χ0v) is 12.5. The standard InChI is InChI=1S/C17H21N3O/c1-3-12(2)20-9-8-13(19-20)10-17(21)15-11-18-16-7-5-4-6-14(15)16/h4-9,12,15,18H,3,10-11H2,1-2H3. The Labute approximate surface area is 125 Å². The van der Waals surface area contributed by atoms with Gasteiger partial charge in [-0.2, -0.15) is 5.10 Å². The van der Waals surface area contributed by atoms with E-state index in [1.54, 1.807) is 0 Å². The predicted molar refractivity (Wildman–Crippen MR) is 83.6 cm³/mol. The fraction of sp³-hybridized carbons (Fsp3) is 0.412. The number of hydrogen-bond acceptors (Lipinski definition) is 3. The van der Waals surface area contributed by atoms with Gasteiger partial charge in [0.1, 0.15) is 5.78 Å². The molecule has 0 saturated heterocycles. The highest BCUT2D eigenvalue weighted by molar-refractivity contribution is 5.91. The van der Waals surface area contributed by atoms with E-state index in [-0.39, 0.29) is 11.7 Å². The molecule has 3 rings (SSSR count). The largest absolute Gasteiger partial charge is 0.384 e. The number of hydrogen-bond donors (Lipinski definition) is 1. The minimum Gasteiger partial charge on any atom is -0.384 e. The Morgan fingerprint density at radius 2 is 2.24 bits per heavy atom. The number of anilines is 1. The molecule has 2 heterocycles. The molecular weight excluding hydrogens is 262 g/mol. The molecule has 0 aliphatic carbocycles. The van der Waals surface area contributed by atoms with Gasteiger partial charge in [-0.15, -0.1) is 0 Å². The summed E-state index contributed by atoms with van der Waals surface area (Å²) in [5, 5.41) is 7.83. The van der Waals surface area contributed by atoms with Crippen molar-refractivity contribution in [3.63, 3.8) is 0 Å². The van der Waals surface area contributed by atoms with Crippen LogP contribution in [0.2, 0.25) is 0 Å². The molecule has 110 valence electrons. The maximum atomic E-state index is 12.5. The first-order chi connectivity index (χ1) is 10.2. The molecule has 4 heteroatoms. The Kier molecular flexibility index (Phi) is 3.78. The molecule has 0 saturated carbocycles. The summed E-state index contributed by atoms with van der Waals surface area (Å²) >= 11 is 0. The normalized spacial score (nSPS) is 18.1. The topological polar surface area (TPSA) is 46.9 Å². The number of Topliss-reactive ketones (excluding diaryl/α,β-unsaturated/α-hetero) is 1. The van der Waals surface area contributed by atoms with Gasteiger partial charge >= 0.3 is 0 Å². The Balaban J connectivity index is 1.71. The molecule has 1 N–H and O–H groups in total. The second-order valence-corrected chi connectivity index (χ2v) is 5.71. The molecule has 2 atom stereocenters. The van der Waals surface area contributed by atoms with Crippen molar-refractivity contribution in [3.8, 4) is 0 Å². The maximum Gasteiger partial charge on any atom is 0.148 e. The van der Waals surface area contributed by atoms with Crippen LogP contribution in [0, 0.1) is 0 Å². The van der Waals surface area contributed by atoms with Crippen molar-refractivity contribution in [2.45, 2.75) is 38.6 Å². The average molecular weight is 283 g/mol. The lowest BCUT2D eigenvalue weighted by Gasteiger charge is -2.09. The van der Waals surface area contributed by atoms with Crippen molar-refractivity contribution in [2.75, 3.05) is 11.9 Å². The third-order valence-electron chi connectivity index (χ3n) is 4.28. The van der Waals surface area contributed by atoms with Crippen LogP contribution in [-0.2, 0) is 11.2 Å². The molecule has 0 spiro atoms. The first kappa shape index (κ1) is 13.9. The third-order valence-corrected chi connectivity index (χ3v) is 4.28. The number of benzene rings is 1. The SMILES string of the molecule is CCC(C)n1ccc(CC(=O)C2CNc3ccccc32)n1. The summed E-state index contributed by atoms with van der Waals surface area (Å²) in [6.45, 7) is 4.97. The van der Waals surface area contributed by atoms with Crippen molar-refractivity contribution in [1.29, 1.82) is 0 Å². The highest BCUT2D eigenvalue weighted by Gasteiger charge is 2.28. The summed E-state index contributed by atoms with van der Waals surface area (Å²) in [7, 11) is 0. The van der Waals surface area contributed by atoms with Gasteiger partial charge in [0.25, 0.3) is 0 Å². The van der Waals surface area contributed by atoms with Crippen molar-refractivity contribution in [2.24, 2.45) is 0 Å². The summed E-state index contributed by atoms with van der Waals surface area (Å²) in [5.41, 5.74) is 3.06.